The first-order valence-corrected chi connectivity index (χ1v) is 8.63. The van der Waals surface area contributed by atoms with Gasteiger partial charge in [-0.2, -0.15) is 0 Å². The predicted molar refractivity (Wildman–Crippen MR) is 90.5 cm³/mol. The molecule has 3 atom stereocenters. The molecule has 4 rings (SSSR count). The van der Waals surface area contributed by atoms with Crippen molar-refractivity contribution < 1.29 is 9.53 Å². The Kier molecular flexibility index (Phi) is 3.64. The van der Waals surface area contributed by atoms with Crippen molar-refractivity contribution in [3.8, 4) is 0 Å². The standard InChI is InChI=1S/C19H24N2O2/c1-3-7-21-11-13(19(22)23-2)8-15-14-5-4-6-16-18(14)12(10-20-16)9-17(15)21/h4-6,10,13,15,17,20H,3,7-9,11H2,1-2H3. The number of likely N-dealkylation sites (tertiary alicyclic amines) is 1. The van der Waals surface area contributed by atoms with Crippen LogP contribution in [0.3, 0.4) is 0 Å². The molecule has 0 saturated carbocycles. The molecule has 122 valence electrons. The van der Waals surface area contributed by atoms with Gasteiger partial charge in [-0.05, 0) is 43.0 Å². The average Bonchev–Trinajstić information content (AvgIpc) is 2.99. The summed E-state index contributed by atoms with van der Waals surface area (Å²) in [5.74, 6) is 0.353. The van der Waals surface area contributed by atoms with E-state index in [1.54, 1.807) is 0 Å². The first-order chi connectivity index (χ1) is 11.2. The fraction of sp³-hybridized carbons (Fsp3) is 0.526. The SMILES string of the molecule is CCCN1CC(C(=O)OC)CC2c3cccc4[nH]cc(c34)CC21. The van der Waals surface area contributed by atoms with Crippen LogP contribution in [-0.2, 0) is 16.0 Å². The van der Waals surface area contributed by atoms with E-state index in [-0.39, 0.29) is 11.9 Å². The van der Waals surface area contributed by atoms with E-state index in [9.17, 15) is 4.79 Å². The van der Waals surface area contributed by atoms with Gasteiger partial charge in [-0.15, -0.1) is 0 Å². The Labute approximate surface area is 136 Å². The molecule has 4 nitrogen and oxygen atoms in total. The summed E-state index contributed by atoms with van der Waals surface area (Å²) in [5.41, 5.74) is 4.05. The summed E-state index contributed by atoms with van der Waals surface area (Å²) in [7, 11) is 1.50. The molecule has 0 spiro atoms. The number of methoxy groups -OCH3 is 1. The second-order valence-corrected chi connectivity index (χ2v) is 6.91. The van der Waals surface area contributed by atoms with Crippen LogP contribution in [0.2, 0.25) is 0 Å². The number of nitrogens with one attached hydrogen (secondary N) is 1. The Bertz CT molecular complexity index is 736. The third-order valence-corrected chi connectivity index (χ3v) is 5.62. The number of esters is 1. The molecule has 3 unspecified atom stereocenters. The van der Waals surface area contributed by atoms with Crippen molar-refractivity contribution in [3.05, 3.63) is 35.5 Å². The number of aromatic nitrogens is 1. The number of piperidine rings is 1. The summed E-state index contributed by atoms with van der Waals surface area (Å²) in [5, 5.41) is 1.38. The maximum absolute atomic E-state index is 12.2. The molecule has 4 heteroatoms. The summed E-state index contributed by atoms with van der Waals surface area (Å²) in [6.07, 6.45) is 5.26. The minimum absolute atomic E-state index is 0.0106. The van der Waals surface area contributed by atoms with Gasteiger partial charge in [-0.1, -0.05) is 19.1 Å². The van der Waals surface area contributed by atoms with Gasteiger partial charge in [0.1, 0.15) is 0 Å². The molecular weight excluding hydrogens is 288 g/mol. The van der Waals surface area contributed by atoms with Crippen LogP contribution in [0.15, 0.2) is 24.4 Å². The normalized spacial score (nSPS) is 27.0. The summed E-state index contributed by atoms with van der Waals surface area (Å²) in [6, 6.07) is 7.03. The lowest BCUT2D eigenvalue weighted by Crippen LogP contribution is -2.51. The molecule has 1 aliphatic carbocycles. The molecule has 1 N–H and O–H groups in total. The van der Waals surface area contributed by atoms with Crippen LogP contribution < -0.4 is 0 Å². The van der Waals surface area contributed by atoms with E-state index in [4.69, 9.17) is 4.74 Å². The van der Waals surface area contributed by atoms with Crippen molar-refractivity contribution in [3.63, 3.8) is 0 Å². The predicted octanol–water partition coefficient (Wildman–Crippen LogP) is 3.08. The van der Waals surface area contributed by atoms with Crippen LogP contribution in [-0.4, -0.2) is 42.1 Å². The van der Waals surface area contributed by atoms with Gasteiger partial charge >= 0.3 is 5.97 Å². The van der Waals surface area contributed by atoms with Crippen LogP contribution in [0.4, 0.5) is 0 Å². The number of nitrogens with zero attached hydrogens (tertiary/aromatic N) is 1. The summed E-state index contributed by atoms with van der Waals surface area (Å²) >= 11 is 0. The fourth-order valence-corrected chi connectivity index (χ4v) is 4.68. The lowest BCUT2D eigenvalue weighted by Gasteiger charge is -2.46. The van der Waals surface area contributed by atoms with Crippen molar-refractivity contribution in [2.75, 3.05) is 20.2 Å². The highest BCUT2D eigenvalue weighted by Crippen LogP contribution is 2.44. The fourth-order valence-electron chi connectivity index (χ4n) is 4.68. The lowest BCUT2D eigenvalue weighted by atomic mass is 9.72. The molecule has 23 heavy (non-hydrogen) atoms. The maximum Gasteiger partial charge on any atom is 0.309 e. The molecule has 2 heterocycles. The number of carbonyl (C=O) groups excluding carboxylic acids is 1. The van der Waals surface area contributed by atoms with E-state index in [2.05, 4.69) is 41.2 Å². The summed E-state index contributed by atoms with van der Waals surface area (Å²) < 4.78 is 5.05. The number of rotatable bonds is 3. The molecule has 2 aliphatic rings. The van der Waals surface area contributed by atoms with Gasteiger partial charge in [-0.3, -0.25) is 9.69 Å². The minimum Gasteiger partial charge on any atom is -0.469 e. The Morgan fingerprint density at radius 2 is 2.30 bits per heavy atom. The largest absolute Gasteiger partial charge is 0.469 e. The van der Waals surface area contributed by atoms with Crippen molar-refractivity contribution in [1.29, 1.82) is 0 Å². The summed E-state index contributed by atoms with van der Waals surface area (Å²) in [4.78, 5) is 18.1. The van der Waals surface area contributed by atoms with E-state index >= 15 is 0 Å². The van der Waals surface area contributed by atoms with Crippen LogP contribution in [0.25, 0.3) is 10.9 Å². The Hall–Kier alpha value is -1.81. The number of benzene rings is 1. The summed E-state index contributed by atoms with van der Waals surface area (Å²) in [6.45, 7) is 4.09. The first-order valence-electron chi connectivity index (χ1n) is 8.63. The zero-order valence-corrected chi connectivity index (χ0v) is 13.8. The van der Waals surface area contributed by atoms with E-state index in [1.165, 1.54) is 29.1 Å². The Balaban J connectivity index is 1.77. The second-order valence-electron chi connectivity index (χ2n) is 6.91. The Morgan fingerprint density at radius 3 is 3.09 bits per heavy atom. The van der Waals surface area contributed by atoms with Gasteiger partial charge in [0.05, 0.1) is 13.0 Å². The third kappa shape index (κ3) is 2.27. The Morgan fingerprint density at radius 1 is 1.43 bits per heavy atom. The van der Waals surface area contributed by atoms with E-state index < -0.39 is 0 Å². The van der Waals surface area contributed by atoms with Gasteiger partial charge < -0.3 is 9.72 Å². The highest BCUT2D eigenvalue weighted by molar-refractivity contribution is 5.88. The molecular formula is C19H24N2O2. The molecule has 1 aliphatic heterocycles. The molecule has 1 fully saturated rings. The van der Waals surface area contributed by atoms with Gasteiger partial charge in [0.15, 0.2) is 0 Å². The van der Waals surface area contributed by atoms with E-state index in [1.807, 2.05) is 0 Å². The van der Waals surface area contributed by atoms with Gasteiger partial charge in [-0.25, -0.2) is 0 Å². The van der Waals surface area contributed by atoms with Crippen LogP contribution in [0.1, 0.15) is 36.8 Å². The van der Waals surface area contributed by atoms with Gasteiger partial charge in [0, 0.05) is 35.6 Å². The number of ether oxygens (including phenoxy) is 1. The highest BCUT2D eigenvalue weighted by atomic mass is 16.5. The number of aromatic amines is 1. The van der Waals surface area contributed by atoms with Crippen molar-refractivity contribution in [1.82, 2.24) is 9.88 Å². The van der Waals surface area contributed by atoms with Crippen molar-refractivity contribution in [2.24, 2.45) is 5.92 Å². The minimum atomic E-state index is -0.0587. The molecule has 0 radical (unpaired) electrons. The smallest absolute Gasteiger partial charge is 0.309 e. The lowest BCUT2D eigenvalue weighted by molar-refractivity contribution is -0.148. The second kappa shape index (κ2) is 5.68. The first kappa shape index (κ1) is 14.8. The maximum atomic E-state index is 12.2. The van der Waals surface area contributed by atoms with E-state index in [0.717, 1.165) is 32.4 Å². The average molecular weight is 312 g/mol. The zero-order chi connectivity index (χ0) is 16.0. The van der Waals surface area contributed by atoms with Crippen LogP contribution in [0.5, 0.6) is 0 Å². The number of fused-ring (bicyclic) bond motifs is 2. The monoisotopic (exact) mass is 312 g/mol. The number of hydrogen-bond acceptors (Lipinski definition) is 3. The van der Waals surface area contributed by atoms with Gasteiger partial charge in [0.25, 0.3) is 0 Å². The topological polar surface area (TPSA) is 45.3 Å². The third-order valence-electron chi connectivity index (χ3n) is 5.62. The molecule has 0 amide bonds. The van der Waals surface area contributed by atoms with Crippen molar-refractivity contribution >= 4 is 16.9 Å². The van der Waals surface area contributed by atoms with E-state index in [0.29, 0.717) is 12.0 Å². The van der Waals surface area contributed by atoms with Crippen molar-refractivity contribution in [2.45, 2.75) is 38.1 Å². The number of carbonyl (C=O) groups is 1. The quantitative estimate of drug-likeness (QED) is 0.886. The molecule has 1 aromatic heterocycles. The highest BCUT2D eigenvalue weighted by Gasteiger charge is 2.42. The number of hydrogen-bond donors (Lipinski definition) is 1. The van der Waals surface area contributed by atoms with Crippen LogP contribution in [0, 0.1) is 5.92 Å². The van der Waals surface area contributed by atoms with Crippen LogP contribution >= 0.6 is 0 Å². The molecule has 0 bridgehead atoms. The molecule has 2 aromatic rings. The number of H-pyrrole nitrogens is 1. The molecule has 1 saturated heterocycles. The zero-order valence-electron chi connectivity index (χ0n) is 13.8. The molecule has 1 aromatic carbocycles. The van der Waals surface area contributed by atoms with Gasteiger partial charge in [0.2, 0.25) is 0 Å².